The predicted octanol–water partition coefficient (Wildman–Crippen LogP) is 1.33. The van der Waals surface area contributed by atoms with E-state index in [1.165, 1.54) is 0 Å². The SMILES string of the molecule is Cn1c(C(=O)NNC(=O)CBr)cc2ccccc21. The number of hydrogen-bond donors (Lipinski definition) is 2. The zero-order valence-corrected chi connectivity index (χ0v) is 11.3. The summed E-state index contributed by atoms with van der Waals surface area (Å²) in [4.78, 5) is 22.9. The first kappa shape index (κ1) is 12.6. The highest BCUT2D eigenvalue weighted by atomic mass is 79.9. The molecular weight excluding hydrogens is 298 g/mol. The van der Waals surface area contributed by atoms with Crippen molar-refractivity contribution in [1.82, 2.24) is 15.4 Å². The molecule has 94 valence electrons. The largest absolute Gasteiger partial charge is 0.340 e. The molecule has 0 atom stereocenters. The number of amides is 2. The lowest BCUT2D eigenvalue weighted by Crippen LogP contribution is -2.42. The molecule has 2 rings (SSSR count). The van der Waals surface area contributed by atoms with Crippen molar-refractivity contribution < 1.29 is 9.59 Å². The van der Waals surface area contributed by atoms with Gasteiger partial charge in [-0.1, -0.05) is 34.1 Å². The van der Waals surface area contributed by atoms with Gasteiger partial charge < -0.3 is 4.57 Å². The van der Waals surface area contributed by atoms with Gasteiger partial charge in [0.05, 0.1) is 5.33 Å². The minimum atomic E-state index is -0.344. The van der Waals surface area contributed by atoms with Gasteiger partial charge in [0.25, 0.3) is 5.91 Å². The Morgan fingerprint density at radius 3 is 2.67 bits per heavy atom. The van der Waals surface area contributed by atoms with Crippen molar-refractivity contribution in [3.8, 4) is 0 Å². The third-order valence-electron chi connectivity index (χ3n) is 2.62. The van der Waals surface area contributed by atoms with Crippen molar-refractivity contribution in [3.05, 3.63) is 36.0 Å². The molecule has 2 N–H and O–H groups in total. The Morgan fingerprint density at radius 1 is 1.28 bits per heavy atom. The third kappa shape index (κ3) is 2.38. The number of carbonyl (C=O) groups is 2. The van der Waals surface area contributed by atoms with Gasteiger partial charge in [-0.3, -0.25) is 20.4 Å². The Kier molecular flexibility index (Phi) is 3.66. The maximum absolute atomic E-state index is 11.9. The van der Waals surface area contributed by atoms with E-state index in [9.17, 15) is 9.59 Å². The van der Waals surface area contributed by atoms with Crippen LogP contribution in [0.3, 0.4) is 0 Å². The van der Waals surface area contributed by atoms with Gasteiger partial charge in [0, 0.05) is 18.0 Å². The fraction of sp³-hybridized carbons (Fsp3) is 0.167. The highest BCUT2D eigenvalue weighted by Gasteiger charge is 2.13. The molecule has 1 aromatic carbocycles. The van der Waals surface area contributed by atoms with Crippen LogP contribution >= 0.6 is 15.9 Å². The van der Waals surface area contributed by atoms with Gasteiger partial charge in [-0.2, -0.15) is 0 Å². The molecule has 5 nitrogen and oxygen atoms in total. The van der Waals surface area contributed by atoms with E-state index in [2.05, 4.69) is 26.8 Å². The molecule has 1 aromatic heterocycles. The number of hydrogen-bond acceptors (Lipinski definition) is 2. The average Bonchev–Trinajstić information content (AvgIpc) is 2.73. The second-order valence-electron chi connectivity index (χ2n) is 3.78. The maximum atomic E-state index is 11.9. The van der Waals surface area contributed by atoms with Crippen molar-refractivity contribution in [2.24, 2.45) is 7.05 Å². The number of rotatable bonds is 2. The molecule has 0 saturated carbocycles. The van der Waals surface area contributed by atoms with Crippen LogP contribution in [0.1, 0.15) is 10.5 Å². The van der Waals surface area contributed by atoms with E-state index in [-0.39, 0.29) is 17.1 Å². The van der Waals surface area contributed by atoms with Gasteiger partial charge in [-0.05, 0) is 12.1 Å². The lowest BCUT2D eigenvalue weighted by Gasteiger charge is -2.06. The number of hydrazine groups is 1. The summed E-state index contributed by atoms with van der Waals surface area (Å²) < 4.78 is 1.78. The van der Waals surface area contributed by atoms with Crippen LogP contribution in [0.4, 0.5) is 0 Å². The van der Waals surface area contributed by atoms with Crippen molar-refractivity contribution in [3.63, 3.8) is 0 Å². The van der Waals surface area contributed by atoms with Crippen LogP contribution in [0.5, 0.6) is 0 Å². The zero-order valence-electron chi connectivity index (χ0n) is 9.74. The molecule has 0 saturated heterocycles. The molecular formula is C12H12BrN3O2. The number of para-hydroxylation sites is 1. The van der Waals surface area contributed by atoms with Crippen LogP contribution in [0.25, 0.3) is 10.9 Å². The maximum Gasteiger partial charge on any atom is 0.286 e. The number of benzene rings is 1. The fourth-order valence-corrected chi connectivity index (χ4v) is 1.87. The molecule has 0 radical (unpaired) electrons. The molecule has 1 heterocycles. The van der Waals surface area contributed by atoms with Crippen molar-refractivity contribution in [2.75, 3.05) is 5.33 Å². The van der Waals surface area contributed by atoms with E-state index in [4.69, 9.17) is 0 Å². The molecule has 2 amide bonds. The summed E-state index contributed by atoms with van der Waals surface area (Å²) in [6.07, 6.45) is 0. The molecule has 0 aliphatic rings. The molecule has 0 aliphatic heterocycles. The minimum Gasteiger partial charge on any atom is -0.340 e. The third-order valence-corrected chi connectivity index (χ3v) is 3.13. The Bertz CT molecular complexity index is 606. The van der Waals surface area contributed by atoms with Gasteiger partial charge in [0.2, 0.25) is 5.91 Å². The van der Waals surface area contributed by atoms with Crippen molar-refractivity contribution in [2.45, 2.75) is 0 Å². The van der Waals surface area contributed by atoms with Gasteiger partial charge in [-0.25, -0.2) is 0 Å². The minimum absolute atomic E-state index is 0.141. The smallest absolute Gasteiger partial charge is 0.286 e. The van der Waals surface area contributed by atoms with E-state index in [1.54, 1.807) is 10.6 Å². The summed E-state index contributed by atoms with van der Waals surface area (Å²) in [5.74, 6) is -0.648. The first-order valence-electron chi connectivity index (χ1n) is 5.33. The summed E-state index contributed by atoms with van der Waals surface area (Å²) in [7, 11) is 1.81. The van der Waals surface area contributed by atoms with Crippen molar-refractivity contribution in [1.29, 1.82) is 0 Å². The van der Waals surface area contributed by atoms with Crippen LogP contribution in [0, 0.1) is 0 Å². The highest BCUT2D eigenvalue weighted by molar-refractivity contribution is 9.09. The normalized spacial score (nSPS) is 10.3. The van der Waals surface area contributed by atoms with Crippen LogP contribution in [-0.2, 0) is 11.8 Å². The average molecular weight is 310 g/mol. The van der Waals surface area contributed by atoms with Crippen molar-refractivity contribution >= 4 is 38.6 Å². The summed E-state index contributed by atoms with van der Waals surface area (Å²) in [5, 5.41) is 1.12. The number of alkyl halides is 1. The zero-order chi connectivity index (χ0) is 13.1. The Labute approximate surface area is 112 Å². The van der Waals surface area contributed by atoms with E-state index >= 15 is 0 Å². The number of fused-ring (bicyclic) bond motifs is 1. The predicted molar refractivity (Wildman–Crippen MR) is 72.3 cm³/mol. The molecule has 6 heteroatoms. The molecule has 0 spiro atoms. The van der Waals surface area contributed by atoms with Gasteiger partial charge >= 0.3 is 0 Å². The van der Waals surface area contributed by atoms with Crippen LogP contribution < -0.4 is 10.9 Å². The molecule has 0 fully saturated rings. The summed E-state index contributed by atoms with van der Waals surface area (Å²) >= 11 is 3.00. The van der Waals surface area contributed by atoms with Gasteiger partial charge in [0.15, 0.2) is 0 Å². The Balaban J connectivity index is 2.23. The Morgan fingerprint density at radius 2 is 2.00 bits per heavy atom. The van der Waals surface area contributed by atoms with Crippen LogP contribution in [0.2, 0.25) is 0 Å². The molecule has 0 bridgehead atoms. The van der Waals surface area contributed by atoms with E-state index < -0.39 is 0 Å². The number of halogens is 1. The molecule has 2 aromatic rings. The molecule has 0 aliphatic carbocycles. The summed E-state index contributed by atoms with van der Waals surface area (Å²) in [5.41, 5.74) is 6.12. The first-order valence-corrected chi connectivity index (χ1v) is 6.45. The summed E-state index contributed by atoms with van der Waals surface area (Å²) in [6.45, 7) is 0. The number of aryl methyl sites for hydroxylation is 1. The van der Waals surface area contributed by atoms with Gasteiger partial charge in [0.1, 0.15) is 5.69 Å². The molecule has 18 heavy (non-hydrogen) atoms. The quantitative estimate of drug-likeness (QED) is 0.649. The highest BCUT2D eigenvalue weighted by Crippen LogP contribution is 2.17. The number of nitrogens with zero attached hydrogens (tertiary/aromatic N) is 1. The van der Waals surface area contributed by atoms with E-state index in [0.29, 0.717) is 5.69 Å². The monoisotopic (exact) mass is 309 g/mol. The fourth-order valence-electron chi connectivity index (χ4n) is 1.73. The number of carbonyl (C=O) groups excluding carboxylic acids is 2. The lowest BCUT2D eigenvalue weighted by atomic mass is 10.2. The molecule has 0 unspecified atom stereocenters. The standard InChI is InChI=1S/C12H12BrN3O2/c1-16-9-5-3-2-4-8(9)6-10(16)12(18)15-14-11(17)7-13/h2-6H,7H2,1H3,(H,14,17)(H,15,18). The van der Waals surface area contributed by atoms with E-state index in [0.717, 1.165) is 10.9 Å². The van der Waals surface area contributed by atoms with Crippen LogP contribution in [0.15, 0.2) is 30.3 Å². The topological polar surface area (TPSA) is 63.1 Å². The number of nitrogens with one attached hydrogen (secondary N) is 2. The first-order chi connectivity index (χ1) is 8.63. The number of aromatic nitrogens is 1. The second-order valence-corrected chi connectivity index (χ2v) is 4.34. The van der Waals surface area contributed by atoms with Crippen LogP contribution in [-0.4, -0.2) is 21.7 Å². The lowest BCUT2D eigenvalue weighted by molar-refractivity contribution is -0.119. The van der Waals surface area contributed by atoms with Gasteiger partial charge in [-0.15, -0.1) is 0 Å². The Hall–Kier alpha value is -1.82. The second kappa shape index (κ2) is 5.22. The van der Waals surface area contributed by atoms with E-state index in [1.807, 2.05) is 31.3 Å². The summed E-state index contributed by atoms with van der Waals surface area (Å²) in [6, 6.07) is 9.48.